The molecule has 2 fully saturated rings. The maximum atomic E-state index is 11.7. The van der Waals surface area contributed by atoms with Gasteiger partial charge in [0.2, 0.25) is 0 Å². The summed E-state index contributed by atoms with van der Waals surface area (Å²) >= 11 is 1.78. The second-order valence-corrected chi connectivity index (χ2v) is 7.06. The van der Waals surface area contributed by atoms with Crippen molar-refractivity contribution in [1.29, 1.82) is 0 Å². The highest BCUT2D eigenvalue weighted by Crippen LogP contribution is 2.45. The van der Waals surface area contributed by atoms with Crippen molar-refractivity contribution in [3.8, 4) is 0 Å². The van der Waals surface area contributed by atoms with Crippen LogP contribution in [0.3, 0.4) is 0 Å². The molecule has 4 nitrogen and oxygen atoms in total. The van der Waals surface area contributed by atoms with Crippen molar-refractivity contribution in [2.24, 2.45) is 0 Å². The monoisotopic (exact) mass is 245 g/mol. The predicted molar refractivity (Wildman–Crippen MR) is 63.6 cm³/mol. The number of aliphatic hydroxyl groups excluding tert-OH is 1. The van der Waals surface area contributed by atoms with Crippen molar-refractivity contribution in [3.05, 3.63) is 0 Å². The fourth-order valence-electron chi connectivity index (χ4n) is 2.09. The van der Waals surface area contributed by atoms with Gasteiger partial charge in [0.15, 0.2) is 0 Å². The third-order valence-electron chi connectivity index (χ3n) is 2.96. The van der Waals surface area contributed by atoms with Crippen molar-refractivity contribution >= 4 is 17.9 Å². The Morgan fingerprint density at radius 3 is 2.56 bits per heavy atom. The van der Waals surface area contributed by atoms with Crippen LogP contribution in [-0.2, 0) is 4.74 Å². The van der Waals surface area contributed by atoms with Crippen molar-refractivity contribution < 1.29 is 14.6 Å². The summed E-state index contributed by atoms with van der Waals surface area (Å²) in [5.41, 5.74) is -0.443. The molecule has 2 saturated heterocycles. The molecule has 1 atom stereocenters. The molecule has 2 aliphatic heterocycles. The molecule has 5 heteroatoms. The highest BCUT2D eigenvalue weighted by atomic mass is 32.2. The van der Waals surface area contributed by atoms with Crippen molar-refractivity contribution in [2.75, 3.05) is 18.8 Å². The van der Waals surface area contributed by atoms with Gasteiger partial charge < -0.3 is 14.7 Å². The number of carbonyl (C=O) groups is 1. The van der Waals surface area contributed by atoms with Gasteiger partial charge in [0.1, 0.15) is 5.60 Å². The zero-order valence-electron chi connectivity index (χ0n) is 10.0. The number of amides is 1. The molecule has 0 aromatic heterocycles. The minimum absolute atomic E-state index is 0.100. The lowest BCUT2D eigenvalue weighted by atomic mass is 9.92. The Labute approximate surface area is 100 Å². The van der Waals surface area contributed by atoms with Crippen LogP contribution in [0.4, 0.5) is 4.79 Å². The van der Waals surface area contributed by atoms with Crippen molar-refractivity contribution in [3.63, 3.8) is 0 Å². The van der Waals surface area contributed by atoms with Crippen LogP contribution in [0.25, 0.3) is 0 Å². The first-order chi connectivity index (χ1) is 7.32. The number of hydrogen-bond donors (Lipinski definition) is 1. The van der Waals surface area contributed by atoms with Gasteiger partial charge in [0.05, 0.1) is 10.9 Å². The van der Waals surface area contributed by atoms with Gasteiger partial charge in [0, 0.05) is 13.1 Å². The summed E-state index contributed by atoms with van der Waals surface area (Å²) in [6.45, 7) is 6.82. The van der Waals surface area contributed by atoms with Crippen LogP contribution in [0.2, 0.25) is 0 Å². The molecule has 0 bridgehead atoms. The van der Waals surface area contributed by atoms with Gasteiger partial charge in [-0.2, -0.15) is 0 Å². The lowest BCUT2D eigenvalue weighted by Gasteiger charge is -2.48. The molecule has 0 aromatic rings. The average molecular weight is 245 g/mol. The fraction of sp³-hybridized carbons (Fsp3) is 0.909. The van der Waals surface area contributed by atoms with Crippen LogP contribution in [0.15, 0.2) is 0 Å². The van der Waals surface area contributed by atoms with Gasteiger partial charge in [-0.1, -0.05) is 0 Å². The van der Waals surface area contributed by atoms with Gasteiger partial charge in [0.25, 0.3) is 0 Å². The molecule has 0 aliphatic carbocycles. The second kappa shape index (κ2) is 3.81. The first-order valence-corrected chi connectivity index (χ1v) is 6.61. The van der Waals surface area contributed by atoms with E-state index in [0.717, 1.165) is 12.2 Å². The van der Waals surface area contributed by atoms with E-state index in [1.165, 1.54) is 0 Å². The van der Waals surface area contributed by atoms with Crippen molar-refractivity contribution in [1.82, 2.24) is 4.90 Å². The van der Waals surface area contributed by atoms with Gasteiger partial charge in [-0.25, -0.2) is 4.79 Å². The number of ether oxygens (including phenoxy) is 1. The van der Waals surface area contributed by atoms with E-state index in [9.17, 15) is 9.90 Å². The predicted octanol–water partition coefficient (Wildman–Crippen LogP) is 1.47. The van der Waals surface area contributed by atoms with E-state index in [2.05, 4.69) is 0 Å². The van der Waals surface area contributed by atoms with Gasteiger partial charge >= 0.3 is 6.09 Å². The molecule has 0 aromatic carbocycles. The van der Waals surface area contributed by atoms with E-state index in [0.29, 0.717) is 13.1 Å². The first-order valence-electron chi connectivity index (χ1n) is 5.62. The Kier molecular flexibility index (Phi) is 2.87. The quantitative estimate of drug-likeness (QED) is 0.702. The molecule has 2 rings (SSSR count). The first kappa shape index (κ1) is 12.0. The maximum Gasteiger partial charge on any atom is 0.410 e. The van der Waals surface area contributed by atoms with Crippen LogP contribution >= 0.6 is 11.8 Å². The summed E-state index contributed by atoms with van der Waals surface area (Å²) in [5.74, 6) is 0.989. The third kappa shape index (κ3) is 2.15. The van der Waals surface area contributed by atoms with Crippen LogP contribution in [0, 0.1) is 0 Å². The SMILES string of the molecule is CC(C)(C)OC(=O)N1CC2(C1)SCC[C@H]2O. The lowest BCUT2D eigenvalue weighted by Crippen LogP contribution is -2.65. The number of likely N-dealkylation sites (tertiary alicyclic amines) is 1. The zero-order valence-corrected chi connectivity index (χ0v) is 10.8. The smallest absolute Gasteiger partial charge is 0.410 e. The van der Waals surface area contributed by atoms with E-state index < -0.39 is 5.60 Å². The number of hydrogen-bond acceptors (Lipinski definition) is 4. The number of aliphatic hydroxyl groups is 1. The Morgan fingerprint density at radius 1 is 1.50 bits per heavy atom. The highest BCUT2D eigenvalue weighted by Gasteiger charge is 2.54. The molecule has 0 radical (unpaired) electrons. The molecule has 2 aliphatic rings. The summed E-state index contributed by atoms with van der Waals surface area (Å²) in [7, 11) is 0. The van der Waals surface area contributed by atoms with E-state index >= 15 is 0 Å². The largest absolute Gasteiger partial charge is 0.444 e. The summed E-state index contributed by atoms with van der Waals surface area (Å²) in [6.07, 6.45) is 0.307. The molecular weight excluding hydrogens is 226 g/mol. The van der Waals surface area contributed by atoms with Gasteiger partial charge in [-0.15, -0.1) is 11.8 Å². The van der Waals surface area contributed by atoms with E-state index in [1.54, 1.807) is 16.7 Å². The van der Waals surface area contributed by atoms with Gasteiger partial charge in [-0.05, 0) is 32.9 Å². The van der Waals surface area contributed by atoms with E-state index in [4.69, 9.17) is 4.74 Å². The van der Waals surface area contributed by atoms with Crippen LogP contribution < -0.4 is 0 Å². The number of nitrogens with zero attached hydrogens (tertiary/aromatic N) is 1. The Balaban J connectivity index is 1.86. The van der Waals surface area contributed by atoms with Crippen LogP contribution in [0.5, 0.6) is 0 Å². The second-order valence-electron chi connectivity index (χ2n) is 5.55. The summed E-state index contributed by atoms with van der Waals surface area (Å²) in [4.78, 5) is 13.4. The molecule has 16 heavy (non-hydrogen) atoms. The number of thioether (sulfide) groups is 1. The Bertz CT molecular complexity index is 294. The summed E-state index contributed by atoms with van der Waals surface area (Å²) < 4.78 is 5.18. The van der Waals surface area contributed by atoms with Crippen molar-refractivity contribution in [2.45, 2.75) is 43.6 Å². The minimum atomic E-state index is -0.443. The molecule has 1 spiro atoms. The molecule has 0 unspecified atom stereocenters. The molecular formula is C11H19NO3S. The summed E-state index contributed by atoms with van der Waals surface area (Å²) in [6, 6.07) is 0. The topological polar surface area (TPSA) is 49.8 Å². The van der Waals surface area contributed by atoms with Crippen LogP contribution in [0.1, 0.15) is 27.2 Å². The van der Waals surface area contributed by atoms with E-state index in [1.807, 2.05) is 20.8 Å². The molecule has 1 amide bonds. The lowest BCUT2D eigenvalue weighted by molar-refractivity contribution is -0.0150. The van der Waals surface area contributed by atoms with Crippen LogP contribution in [-0.4, -0.2) is 51.4 Å². The fourth-order valence-corrected chi connectivity index (χ4v) is 3.64. The minimum Gasteiger partial charge on any atom is -0.444 e. The third-order valence-corrected chi connectivity index (χ3v) is 4.50. The average Bonchev–Trinajstić information content (AvgIpc) is 2.40. The standard InChI is InChI=1S/C11H19NO3S/c1-10(2,3)15-9(14)12-6-11(7-12)8(13)4-5-16-11/h8,13H,4-7H2,1-3H3/t8-/m1/s1. The molecule has 0 saturated carbocycles. The van der Waals surface area contributed by atoms with E-state index in [-0.39, 0.29) is 16.9 Å². The Hall–Kier alpha value is -0.420. The van der Waals surface area contributed by atoms with Gasteiger partial charge in [-0.3, -0.25) is 0 Å². The molecule has 92 valence electrons. The molecule has 1 N–H and O–H groups in total. The maximum absolute atomic E-state index is 11.7. The number of rotatable bonds is 0. The highest BCUT2D eigenvalue weighted by molar-refractivity contribution is 8.01. The normalized spacial score (nSPS) is 28.0. The number of carbonyl (C=O) groups excluding carboxylic acids is 1. The molecule has 2 heterocycles. The zero-order chi connectivity index (χ0) is 12.0. The summed E-state index contributed by atoms with van der Waals surface area (Å²) in [5, 5.41) is 9.83. The Morgan fingerprint density at radius 2 is 2.12 bits per heavy atom.